The molecule has 2 aromatic rings. The molecule has 0 saturated carbocycles. The van der Waals surface area contributed by atoms with E-state index in [2.05, 4.69) is 40.0 Å². The topological polar surface area (TPSA) is 58.1 Å². The van der Waals surface area contributed by atoms with Gasteiger partial charge < -0.3 is 20.1 Å². The summed E-state index contributed by atoms with van der Waals surface area (Å²) < 4.78 is 10.7. The minimum Gasteiger partial charge on any atom is -0.493 e. The molecule has 6 nitrogen and oxygen atoms in total. The van der Waals surface area contributed by atoms with Crippen molar-refractivity contribution in [2.24, 2.45) is 10.9 Å². The third kappa shape index (κ3) is 6.37. The van der Waals surface area contributed by atoms with Crippen LogP contribution in [0, 0.1) is 5.92 Å². The highest BCUT2D eigenvalue weighted by atomic mass is 32.1. The lowest BCUT2D eigenvalue weighted by molar-refractivity contribution is 0.182. The van der Waals surface area contributed by atoms with Crippen molar-refractivity contribution in [3.63, 3.8) is 0 Å². The van der Waals surface area contributed by atoms with Crippen LogP contribution in [0.5, 0.6) is 11.5 Å². The molecule has 0 radical (unpaired) electrons. The first kappa shape index (κ1) is 21.5. The number of nitrogens with one attached hydrogen (secondary N) is 2. The van der Waals surface area contributed by atoms with Gasteiger partial charge in [-0.05, 0) is 62.4 Å². The van der Waals surface area contributed by atoms with E-state index >= 15 is 0 Å². The van der Waals surface area contributed by atoms with Gasteiger partial charge in [0.15, 0.2) is 17.5 Å². The van der Waals surface area contributed by atoms with Gasteiger partial charge in [0.05, 0.1) is 14.2 Å². The molecule has 0 amide bonds. The molecule has 0 atom stereocenters. The van der Waals surface area contributed by atoms with Crippen molar-refractivity contribution in [3.8, 4) is 11.5 Å². The molecule has 7 heteroatoms. The minimum atomic E-state index is 0.635. The van der Waals surface area contributed by atoms with E-state index in [1.54, 1.807) is 14.2 Å². The number of rotatable bonds is 8. The Bertz CT molecular complexity index is 771. The highest BCUT2D eigenvalue weighted by Gasteiger charge is 2.19. The summed E-state index contributed by atoms with van der Waals surface area (Å²) in [5.41, 5.74) is 0.924. The fourth-order valence-corrected chi connectivity index (χ4v) is 4.27. The quantitative estimate of drug-likeness (QED) is 0.502. The number of anilines is 1. The van der Waals surface area contributed by atoms with Gasteiger partial charge in [0.1, 0.15) is 0 Å². The molecule has 3 rings (SSSR count). The summed E-state index contributed by atoms with van der Waals surface area (Å²) in [5, 5.41) is 8.87. The van der Waals surface area contributed by atoms with Gasteiger partial charge in [0.25, 0.3) is 0 Å². The highest BCUT2D eigenvalue weighted by Crippen LogP contribution is 2.29. The van der Waals surface area contributed by atoms with Crippen LogP contribution < -0.4 is 20.1 Å². The molecule has 0 spiro atoms. The molecule has 1 aromatic carbocycles. The molecule has 29 heavy (non-hydrogen) atoms. The van der Waals surface area contributed by atoms with Crippen LogP contribution in [0.4, 0.5) is 5.69 Å². The van der Waals surface area contributed by atoms with Crippen LogP contribution in [0.3, 0.4) is 0 Å². The van der Waals surface area contributed by atoms with Crippen LogP contribution in [-0.2, 0) is 6.54 Å². The second-order valence-corrected chi connectivity index (χ2v) is 8.25. The van der Waals surface area contributed by atoms with E-state index in [-0.39, 0.29) is 0 Å². The van der Waals surface area contributed by atoms with Gasteiger partial charge in [-0.25, -0.2) is 0 Å². The molecule has 1 aromatic heterocycles. The van der Waals surface area contributed by atoms with Crippen molar-refractivity contribution in [1.29, 1.82) is 0 Å². The third-order valence-corrected chi connectivity index (χ3v) is 6.03. The molecule has 2 heterocycles. The Balaban J connectivity index is 1.53. The molecular formula is C22H32N4O2S. The predicted molar refractivity (Wildman–Crippen MR) is 121 cm³/mol. The zero-order valence-corrected chi connectivity index (χ0v) is 18.4. The fraction of sp³-hybridized carbons (Fsp3) is 0.500. The van der Waals surface area contributed by atoms with Crippen LogP contribution >= 0.6 is 11.3 Å². The first-order chi connectivity index (χ1) is 14.2. The summed E-state index contributed by atoms with van der Waals surface area (Å²) in [5.74, 6) is 2.86. The number of methoxy groups -OCH3 is 2. The molecule has 1 aliphatic heterocycles. The molecule has 0 unspecified atom stereocenters. The van der Waals surface area contributed by atoms with Crippen LogP contribution in [0.15, 0.2) is 40.7 Å². The van der Waals surface area contributed by atoms with E-state index in [4.69, 9.17) is 14.5 Å². The Morgan fingerprint density at radius 3 is 2.62 bits per heavy atom. The minimum absolute atomic E-state index is 0.635. The van der Waals surface area contributed by atoms with Crippen LogP contribution in [0.1, 0.15) is 24.6 Å². The molecule has 0 aliphatic carbocycles. The van der Waals surface area contributed by atoms with E-state index in [1.807, 2.05) is 29.5 Å². The second-order valence-electron chi connectivity index (χ2n) is 7.21. The van der Waals surface area contributed by atoms with Crippen molar-refractivity contribution in [3.05, 3.63) is 40.6 Å². The number of guanidine groups is 1. The SMILES string of the molecule is CCNC(=NCC1CCN(Cc2cccs2)CC1)Nc1ccc(OC)c(OC)c1. The van der Waals surface area contributed by atoms with Crippen molar-refractivity contribution in [1.82, 2.24) is 10.2 Å². The predicted octanol–water partition coefficient (Wildman–Crippen LogP) is 4.05. The molecule has 158 valence electrons. The maximum absolute atomic E-state index is 5.39. The number of thiophene rings is 1. The Kier molecular flexibility index (Phi) is 8.19. The van der Waals surface area contributed by atoms with Crippen molar-refractivity contribution in [2.75, 3.05) is 45.7 Å². The Hall–Kier alpha value is -2.25. The van der Waals surface area contributed by atoms with E-state index in [1.165, 1.54) is 17.7 Å². The molecule has 0 bridgehead atoms. The Morgan fingerprint density at radius 1 is 1.17 bits per heavy atom. The maximum Gasteiger partial charge on any atom is 0.195 e. The number of ether oxygens (including phenoxy) is 2. The lowest BCUT2D eigenvalue weighted by atomic mass is 9.97. The first-order valence-electron chi connectivity index (χ1n) is 10.2. The standard InChI is InChI=1S/C22H32N4O2S/c1-4-23-22(25-18-7-8-20(27-2)21(14-18)28-3)24-15-17-9-11-26(12-10-17)16-19-6-5-13-29-19/h5-8,13-14,17H,4,9-12,15-16H2,1-3H3,(H2,23,24,25). The van der Waals surface area contributed by atoms with Crippen molar-refractivity contribution in [2.45, 2.75) is 26.3 Å². The number of likely N-dealkylation sites (tertiary alicyclic amines) is 1. The summed E-state index contributed by atoms with van der Waals surface area (Å²) in [6.45, 7) is 7.12. The number of benzene rings is 1. The molecule has 1 aliphatic rings. The van der Waals surface area contributed by atoms with E-state index in [9.17, 15) is 0 Å². The molecule has 1 fully saturated rings. The lowest BCUT2D eigenvalue weighted by Gasteiger charge is -2.31. The van der Waals surface area contributed by atoms with Crippen molar-refractivity contribution < 1.29 is 9.47 Å². The third-order valence-electron chi connectivity index (χ3n) is 5.16. The average Bonchev–Trinajstić information content (AvgIpc) is 3.26. The molecule has 1 saturated heterocycles. The van der Waals surface area contributed by atoms with Crippen LogP contribution in [0.25, 0.3) is 0 Å². The number of hydrogen-bond donors (Lipinski definition) is 2. The van der Waals surface area contributed by atoms with Gasteiger partial charge in [0, 0.05) is 36.3 Å². The van der Waals surface area contributed by atoms with Gasteiger partial charge in [0.2, 0.25) is 0 Å². The number of hydrogen-bond acceptors (Lipinski definition) is 5. The smallest absolute Gasteiger partial charge is 0.195 e. The van der Waals surface area contributed by atoms with Gasteiger partial charge in [-0.3, -0.25) is 9.89 Å². The summed E-state index contributed by atoms with van der Waals surface area (Å²) in [6, 6.07) is 10.2. The monoisotopic (exact) mass is 416 g/mol. The van der Waals surface area contributed by atoms with E-state index < -0.39 is 0 Å². The number of nitrogens with zero attached hydrogens (tertiary/aromatic N) is 2. The largest absolute Gasteiger partial charge is 0.493 e. The average molecular weight is 417 g/mol. The Morgan fingerprint density at radius 2 is 1.97 bits per heavy atom. The second kappa shape index (κ2) is 11.1. The van der Waals surface area contributed by atoms with Gasteiger partial charge in [-0.1, -0.05) is 6.07 Å². The van der Waals surface area contributed by atoms with Crippen LogP contribution in [-0.4, -0.2) is 51.3 Å². The summed E-state index contributed by atoms with van der Waals surface area (Å²) >= 11 is 1.85. The highest BCUT2D eigenvalue weighted by molar-refractivity contribution is 7.09. The summed E-state index contributed by atoms with van der Waals surface area (Å²) in [7, 11) is 3.29. The summed E-state index contributed by atoms with van der Waals surface area (Å²) in [6.07, 6.45) is 2.40. The molecular weight excluding hydrogens is 384 g/mol. The number of aliphatic imine (C=N–C) groups is 1. The lowest BCUT2D eigenvalue weighted by Crippen LogP contribution is -2.35. The maximum atomic E-state index is 5.39. The van der Waals surface area contributed by atoms with Gasteiger partial charge in [-0.15, -0.1) is 11.3 Å². The Labute approximate surface area is 177 Å². The zero-order chi connectivity index (χ0) is 20.5. The van der Waals surface area contributed by atoms with E-state index in [0.717, 1.165) is 44.4 Å². The van der Waals surface area contributed by atoms with Gasteiger partial charge in [-0.2, -0.15) is 0 Å². The van der Waals surface area contributed by atoms with Gasteiger partial charge >= 0.3 is 0 Å². The van der Waals surface area contributed by atoms with E-state index in [0.29, 0.717) is 17.4 Å². The fourth-order valence-electron chi connectivity index (χ4n) is 3.53. The number of piperidine rings is 1. The van der Waals surface area contributed by atoms with Crippen molar-refractivity contribution >= 4 is 23.0 Å². The first-order valence-corrected chi connectivity index (χ1v) is 11.1. The summed E-state index contributed by atoms with van der Waals surface area (Å²) in [4.78, 5) is 8.85. The normalized spacial score (nSPS) is 15.9. The molecule has 2 N–H and O–H groups in total. The zero-order valence-electron chi connectivity index (χ0n) is 17.6. The van der Waals surface area contributed by atoms with Crippen LogP contribution in [0.2, 0.25) is 0 Å².